The van der Waals surface area contributed by atoms with E-state index < -0.39 is 12.1 Å². The fraction of sp³-hybridized carbons (Fsp3) is 0.667. The molecule has 13 heteroatoms. The average Bonchev–Trinajstić information content (AvgIpc) is 2.90. The first-order valence-corrected chi connectivity index (χ1v) is 15.5. The Morgan fingerprint density at radius 3 is 1.63 bits per heavy atom. The Hall–Kier alpha value is -3.74. The summed E-state index contributed by atoms with van der Waals surface area (Å²) in [6, 6.07) is 1.87. The summed E-state index contributed by atoms with van der Waals surface area (Å²) in [7, 11) is 0. The number of nitrogens with one attached hydrogen (secondary N) is 6. The highest BCUT2D eigenvalue weighted by atomic mass is 16.2. The van der Waals surface area contributed by atoms with E-state index in [2.05, 4.69) is 66.9 Å². The molecule has 43 heavy (non-hydrogen) atoms. The van der Waals surface area contributed by atoms with Crippen LogP contribution in [0.1, 0.15) is 83.5 Å². The summed E-state index contributed by atoms with van der Waals surface area (Å²) in [5.74, 6) is 1.74. The SMILES string of the molecule is Cc1cc(=O)[nH]c(NC(=O)NCCCN(CCCCCCCC(C)C(C)C)CCCNC(=O)Nc2nc(C)cc(=O)[nH]2)n1. The van der Waals surface area contributed by atoms with Crippen LogP contribution in [0.25, 0.3) is 0 Å². The molecule has 6 N–H and O–H groups in total. The summed E-state index contributed by atoms with van der Waals surface area (Å²) in [5.41, 5.74) is 0.400. The predicted molar refractivity (Wildman–Crippen MR) is 171 cm³/mol. The lowest BCUT2D eigenvalue weighted by Gasteiger charge is -2.22. The number of rotatable bonds is 19. The summed E-state index contributed by atoms with van der Waals surface area (Å²) in [6.45, 7) is 13.8. The Balaban J connectivity index is 1.73. The van der Waals surface area contributed by atoms with Gasteiger partial charge in [0.15, 0.2) is 0 Å². The second kappa shape index (κ2) is 19.4. The molecule has 2 heterocycles. The molecule has 0 radical (unpaired) electrons. The number of urea groups is 2. The van der Waals surface area contributed by atoms with Crippen LogP contribution in [0.2, 0.25) is 0 Å². The summed E-state index contributed by atoms with van der Waals surface area (Å²) in [5, 5.41) is 10.7. The minimum atomic E-state index is -0.424. The van der Waals surface area contributed by atoms with Crippen LogP contribution in [0.3, 0.4) is 0 Å². The molecule has 0 spiro atoms. The van der Waals surface area contributed by atoms with Crippen LogP contribution >= 0.6 is 0 Å². The Labute approximate surface area is 254 Å². The van der Waals surface area contributed by atoms with Gasteiger partial charge >= 0.3 is 12.1 Å². The van der Waals surface area contributed by atoms with Crippen molar-refractivity contribution in [3.05, 3.63) is 44.2 Å². The fourth-order valence-electron chi connectivity index (χ4n) is 4.59. The average molecular weight is 602 g/mol. The lowest BCUT2D eigenvalue weighted by atomic mass is 9.92. The molecule has 0 aliphatic rings. The van der Waals surface area contributed by atoms with Crippen molar-refractivity contribution in [1.29, 1.82) is 0 Å². The smallest absolute Gasteiger partial charge is 0.321 e. The molecule has 2 aromatic heterocycles. The van der Waals surface area contributed by atoms with Gasteiger partial charge in [0.25, 0.3) is 11.1 Å². The Bertz CT molecular complexity index is 1160. The number of H-pyrrole nitrogens is 2. The quantitative estimate of drug-likeness (QED) is 0.131. The molecule has 0 aliphatic carbocycles. The minimum Gasteiger partial charge on any atom is -0.338 e. The Morgan fingerprint density at radius 1 is 0.721 bits per heavy atom. The normalized spacial score (nSPS) is 11.9. The molecule has 0 saturated heterocycles. The third kappa shape index (κ3) is 15.9. The van der Waals surface area contributed by atoms with E-state index in [4.69, 9.17) is 0 Å². The van der Waals surface area contributed by atoms with E-state index >= 15 is 0 Å². The second-order valence-electron chi connectivity index (χ2n) is 11.6. The monoisotopic (exact) mass is 601 g/mol. The maximum absolute atomic E-state index is 12.2. The Kier molecular flexibility index (Phi) is 16.0. The number of unbranched alkanes of at least 4 members (excludes halogenated alkanes) is 4. The summed E-state index contributed by atoms with van der Waals surface area (Å²) in [6.07, 6.45) is 8.83. The molecule has 13 nitrogen and oxygen atoms in total. The molecule has 0 bridgehead atoms. The van der Waals surface area contributed by atoms with Gasteiger partial charge in [-0.15, -0.1) is 0 Å². The lowest BCUT2D eigenvalue weighted by Crippen LogP contribution is -2.36. The van der Waals surface area contributed by atoms with Crippen molar-refractivity contribution in [3.63, 3.8) is 0 Å². The summed E-state index contributed by atoms with van der Waals surface area (Å²) < 4.78 is 0. The summed E-state index contributed by atoms with van der Waals surface area (Å²) >= 11 is 0. The van der Waals surface area contributed by atoms with Crippen molar-refractivity contribution < 1.29 is 9.59 Å². The second-order valence-corrected chi connectivity index (χ2v) is 11.6. The van der Waals surface area contributed by atoms with Crippen LogP contribution < -0.4 is 32.4 Å². The van der Waals surface area contributed by atoms with Crippen LogP contribution in [0.15, 0.2) is 21.7 Å². The molecule has 1 atom stereocenters. The largest absolute Gasteiger partial charge is 0.338 e. The van der Waals surface area contributed by atoms with Crippen molar-refractivity contribution in [3.8, 4) is 0 Å². The van der Waals surface area contributed by atoms with Crippen molar-refractivity contribution in [2.45, 2.75) is 86.0 Å². The first kappa shape index (κ1) is 35.5. The first-order chi connectivity index (χ1) is 20.5. The van der Waals surface area contributed by atoms with Gasteiger partial charge in [-0.1, -0.05) is 52.9 Å². The van der Waals surface area contributed by atoms with E-state index in [9.17, 15) is 19.2 Å². The zero-order valence-electron chi connectivity index (χ0n) is 26.5. The van der Waals surface area contributed by atoms with Gasteiger partial charge in [-0.25, -0.2) is 19.6 Å². The molecule has 4 amide bonds. The number of carbonyl (C=O) groups is 2. The molecule has 0 aromatic carbocycles. The van der Waals surface area contributed by atoms with E-state index in [1.54, 1.807) is 13.8 Å². The molecule has 0 fully saturated rings. The molecule has 0 saturated carbocycles. The molecule has 2 aromatic rings. The number of hydrogen-bond donors (Lipinski definition) is 6. The van der Waals surface area contributed by atoms with Crippen LogP contribution in [0.4, 0.5) is 21.5 Å². The van der Waals surface area contributed by atoms with E-state index in [1.807, 2.05) is 0 Å². The predicted octanol–water partition coefficient (Wildman–Crippen LogP) is 4.13. The number of nitrogens with zero attached hydrogens (tertiary/aromatic N) is 3. The molecule has 1 unspecified atom stereocenters. The molecular formula is C30H51N9O4. The maximum atomic E-state index is 12.2. The van der Waals surface area contributed by atoms with Gasteiger partial charge in [0.1, 0.15) is 0 Å². The zero-order valence-corrected chi connectivity index (χ0v) is 26.5. The third-order valence-corrected chi connectivity index (χ3v) is 7.35. The van der Waals surface area contributed by atoms with E-state index in [-0.39, 0.29) is 23.0 Å². The molecule has 0 aliphatic heterocycles. The fourth-order valence-corrected chi connectivity index (χ4v) is 4.59. The number of anilines is 2. The van der Waals surface area contributed by atoms with Crippen LogP contribution in [0, 0.1) is 25.7 Å². The van der Waals surface area contributed by atoms with Crippen molar-refractivity contribution in [2.75, 3.05) is 43.4 Å². The standard InChI is InChI=1S/C30H51N9O4/c1-21(2)22(3)13-9-7-6-8-10-16-39(17-11-14-31-29(42)37-27-33-23(4)19-25(40)35-27)18-12-15-32-30(43)38-28-34-24(5)20-26(41)36-28/h19-22H,6-18H2,1-5H3,(H3,31,33,35,37,40,42)(H3,32,34,36,38,41,43). The highest BCUT2D eigenvalue weighted by molar-refractivity contribution is 5.87. The number of aromatic nitrogens is 4. The number of aromatic amines is 2. The van der Waals surface area contributed by atoms with Gasteiger partial charge in [0.05, 0.1) is 0 Å². The molecule has 240 valence electrons. The van der Waals surface area contributed by atoms with E-state index in [0.717, 1.165) is 50.7 Å². The number of carbonyl (C=O) groups excluding carboxylic acids is 2. The van der Waals surface area contributed by atoms with Gasteiger partial charge in [-0.2, -0.15) is 0 Å². The van der Waals surface area contributed by atoms with E-state index in [0.29, 0.717) is 24.5 Å². The van der Waals surface area contributed by atoms with Gasteiger partial charge < -0.3 is 15.5 Å². The van der Waals surface area contributed by atoms with Gasteiger partial charge in [-0.3, -0.25) is 30.2 Å². The highest BCUT2D eigenvalue weighted by Gasteiger charge is 2.10. The van der Waals surface area contributed by atoms with Crippen LogP contribution in [-0.2, 0) is 0 Å². The van der Waals surface area contributed by atoms with Crippen LogP contribution in [-0.4, -0.2) is 69.6 Å². The third-order valence-electron chi connectivity index (χ3n) is 7.35. The summed E-state index contributed by atoms with van der Waals surface area (Å²) in [4.78, 5) is 63.2. The topological polar surface area (TPSA) is 177 Å². The van der Waals surface area contributed by atoms with Gasteiger partial charge in [-0.05, 0) is 64.6 Å². The zero-order chi connectivity index (χ0) is 31.6. The number of amides is 4. The highest BCUT2D eigenvalue weighted by Crippen LogP contribution is 2.18. The number of aryl methyl sites for hydroxylation is 2. The van der Waals surface area contributed by atoms with Crippen molar-refractivity contribution >= 4 is 24.0 Å². The number of hydrogen-bond acceptors (Lipinski definition) is 7. The molecule has 2 rings (SSSR count). The van der Waals surface area contributed by atoms with Gasteiger partial charge in [0, 0.05) is 36.6 Å². The lowest BCUT2D eigenvalue weighted by molar-refractivity contribution is 0.243. The minimum absolute atomic E-state index is 0.115. The van der Waals surface area contributed by atoms with Crippen molar-refractivity contribution in [1.82, 2.24) is 35.5 Å². The Morgan fingerprint density at radius 2 is 1.16 bits per heavy atom. The molecular weight excluding hydrogens is 550 g/mol. The first-order valence-electron chi connectivity index (χ1n) is 15.5. The van der Waals surface area contributed by atoms with Crippen LogP contribution in [0.5, 0.6) is 0 Å². The van der Waals surface area contributed by atoms with Crippen molar-refractivity contribution in [2.24, 2.45) is 11.8 Å². The van der Waals surface area contributed by atoms with E-state index in [1.165, 1.54) is 44.2 Å². The maximum Gasteiger partial charge on any atom is 0.321 e. The van der Waals surface area contributed by atoms with Gasteiger partial charge in [0.2, 0.25) is 11.9 Å².